The first-order valence-corrected chi connectivity index (χ1v) is 8.80. The van der Waals surface area contributed by atoms with Crippen LogP contribution >= 0.6 is 0 Å². The van der Waals surface area contributed by atoms with Crippen LogP contribution in [-0.4, -0.2) is 52.2 Å². The van der Waals surface area contributed by atoms with Crippen LogP contribution in [0.25, 0.3) is 0 Å². The second-order valence-corrected chi connectivity index (χ2v) is 7.21. The predicted molar refractivity (Wildman–Crippen MR) is 81.2 cm³/mol. The highest BCUT2D eigenvalue weighted by Crippen LogP contribution is 2.25. The van der Waals surface area contributed by atoms with Crippen molar-refractivity contribution in [1.29, 1.82) is 0 Å². The van der Waals surface area contributed by atoms with Crippen molar-refractivity contribution >= 4 is 22.4 Å². The van der Waals surface area contributed by atoms with Crippen LogP contribution in [0.2, 0.25) is 0 Å². The van der Waals surface area contributed by atoms with Crippen LogP contribution in [0.3, 0.4) is 0 Å². The van der Waals surface area contributed by atoms with E-state index in [9.17, 15) is 13.4 Å². The number of carbonyl (C=O) groups is 1. The van der Waals surface area contributed by atoms with E-state index in [1.54, 1.807) is 17.0 Å². The highest BCUT2D eigenvalue weighted by atomic mass is 32.2. The third-order valence-electron chi connectivity index (χ3n) is 4.18. The molecule has 2 aliphatic heterocycles. The molecule has 6 heteroatoms. The summed E-state index contributed by atoms with van der Waals surface area (Å²) in [6, 6.07) is 6.04. The Morgan fingerprint density at radius 3 is 2.67 bits per heavy atom. The Labute approximate surface area is 126 Å². The SMILES string of the molecule is O=C1C(N2CCS(=O)CC2)CCCN1c1cccc(F)c1. The number of piperidine rings is 1. The smallest absolute Gasteiger partial charge is 0.244 e. The molecule has 1 amide bonds. The Morgan fingerprint density at radius 2 is 1.95 bits per heavy atom. The van der Waals surface area contributed by atoms with Gasteiger partial charge in [-0.1, -0.05) is 6.07 Å². The maximum Gasteiger partial charge on any atom is 0.244 e. The molecule has 0 bridgehead atoms. The Hall–Kier alpha value is -1.27. The summed E-state index contributed by atoms with van der Waals surface area (Å²) < 4.78 is 24.8. The van der Waals surface area contributed by atoms with E-state index in [-0.39, 0.29) is 17.8 Å². The van der Waals surface area contributed by atoms with Gasteiger partial charge in [-0.05, 0) is 31.0 Å². The van der Waals surface area contributed by atoms with Gasteiger partial charge in [0.05, 0.1) is 6.04 Å². The number of amides is 1. The maximum absolute atomic E-state index is 13.4. The number of hydrogen-bond acceptors (Lipinski definition) is 3. The largest absolute Gasteiger partial charge is 0.311 e. The molecule has 2 saturated heterocycles. The summed E-state index contributed by atoms with van der Waals surface area (Å²) >= 11 is 0. The molecule has 0 aromatic heterocycles. The molecule has 4 nitrogen and oxygen atoms in total. The Bertz CT molecular complexity index is 556. The highest BCUT2D eigenvalue weighted by molar-refractivity contribution is 7.85. The molecular weight excluding hydrogens is 291 g/mol. The quantitative estimate of drug-likeness (QED) is 0.829. The van der Waals surface area contributed by atoms with Crippen LogP contribution < -0.4 is 4.90 Å². The molecule has 1 atom stereocenters. The summed E-state index contributed by atoms with van der Waals surface area (Å²) in [6.45, 7) is 2.05. The van der Waals surface area contributed by atoms with Crippen molar-refractivity contribution in [1.82, 2.24) is 4.90 Å². The van der Waals surface area contributed by atoms with Crippen molar-refractivity contribution in [2.24, 2.45) is 0 Å². The van der Waals surface area contributed by atoms with Gasteiger partial charge in [-0.3, -0.25) is 13.9 Å². The van der Waals surface area contributed by atoms with Crippen LogP contribution in [0.5, 0.6) is 0 Å². The van der Waals surface area contributed by atoms with Crippen molar-refractivity contribution in [3.8, 4) is 0 Å². The molecule has 2 aliphatic rings. The minimum atomic E-state index is -0.741. The first kappa shape index (κ1) is 14.7. The van der Waals surface area contributed by atoms with Gasteiger partial charge in [-0.25, -0.2) is 4.39 Å². The Morgan fingerprint density at radius 1 is 1.19 bits per heavy atom. The monoisotopic (exact) mass is 310 g/mol. The van der Waals surface area contributed by atoms with Gasteiger partial charge in [0.2, 0.25) is 5.91 Å². The van der Waals surface area contributed by atoms with Crippen molar-refractivity contribution in [2.75, 3.05) is 36.0 Å². The average molecular weight is 310 g/mol. The van der Waals surface area contributed by atoms with Crippen LogP contribution in [0.4, 0.5) is 10.1 Å². The topological polar surface area (TPSA) is 40.6 Å². The number of anilines is 1. The number of carbonyl (C=O) groups excluding carboxylic acids is 1. The Balaban J connectivity index is 1.76. The standard InChI is InChI=1S/C15H19FN2O2S/c16-12-3-1-4-13(11-12)18-6-2-5-14(15(18)19)17-7-9-21(20)10-8-17/h1,3-4,11,14H,2,5-10H2. The first-order chi connectivity index (χ1) is 10.1. The molecule has 0 radical (unpaired) electrons. The first-order valence-electron chi connectivity index (χ1n) is 7.31. The van der Waals surface area contributed by atoms with E-state index in [0.717, 1.165) is 12.8 Å². The molecular formula is C15H19FN2O2S. The minimum Gasteiger partial charge on any atom is -0.311 e. The fourth-order valence-electron chi connectivity index (χ4n) is 3.06. The summed E-state index contributed by atoms with van der Waals surface area (Å²) in [7, 11) is -0.741. The van der Waals surface area contributed by atoms with Gasteiger partial charge in [0, 0.05) is 47.6 Å². The number of rotatable bonds is 2. The zero-order chi connectivity index (χ0) is 14.8. The van der Waals surface area contributed by atoms with E-state index in [4.69, 9.17) is 0 Å². The molecule has 0 aliphatic carbocycles. The highest BCUT2D eigenvalue weighted by Gasteiger charge is 2.35. The molecule has 3 rings (SSSR count). The van der Waals surface area contributed by atoms with Crippen LogP contribution in [0, 0.1) is 5.82 Å². The van der Waals surface area contributed by atoms with Crippen molar-refractivity contribution in [3.63, 3.8) is 0 Å². The van der Waals surface area contributed by atoms with Gasteiger partial charge < -0.3 is 4.90 Å². The van der Waals surface area contributed by atoms with E-state index in [0.29, 0.717) is 36.8 Å². The zero-order valence-corrected chi connectivity index (χ0v) is 12.7. The third-order valence-corrected chi connectivity index (χ3v) is 5.46. The summed E-state index contributed by atoms with van der Waals surface area (Å²) in [5, 5.41) is 0. The van der Waals surface area contributed by atoms with E-state index in [2.05, 4.69) is 4.90 Å². The molecule has 1 unspecified atom stereocenters. The molecule has 1 aromatic carbocycles. The van der Waals surface area contributed by atoms with E-state index in [1.165, 1.54) is 12.1 Å². The van der Waals surface area contributed by atoms with Gasteiger partial charge in [0.25, 0.3) is 0 Å². The van der Waals surface area contributed by atoms with Crippen molar-refractivity contribution in [2.45, 2.75) is 18.9 Å². The summed E-state index contributed by atoms with van der Waals surface area (Å²) in [5.41, 5.74) is 0.630. The lowest BCUT2D eigenvalue weighted by Crippen LogP contribution is -2.55. The third kappa shape index (κ3) is 3.16. The lowest BCUT2D eigenvalue weighted by Gasteiger charge is -2.39. The van der Waals surface area contributed by atoms with E-state index < -0.39 is 10.8 Å². The Kier molecular flexibility index (Phi) is 4.35. The van der Waals surface area contributed by atoms with Gasteiger partial charge in [0.1, 0.15) is 5.82 Å². The van der Waals surface area contributed by atoms with Crippen LogP contribution in [-0.2, 0) is 15.6 Å². The molecule has 0 N–H and O–H groups in total. The molecule has 2 fully saturated rings. The lowest BCUT2D eigenvalue weighted by atomic mass is 10.0. The van der Waals surface area contributed by atoms with Crippen LogP contribution in [0.1, 0.15) is 12.8 Å². The lowest BCUT2D eigenvalue weighted by molar-refractivity contribution is -0.125. The average Bonchev–Trinajstić information content (AvgIpc) is 2.48. The fraction of sp³-hybridized carbons (Fsp3) is 0.533. The van der Waals surface area contributed by atoms with Gasteiger partial charge in [-0.15, -0.1) is 0 Å². The maximum atomic E-state index is 13.4. The summed E-state index contributed by atoms with van der Waals surface area (Å²) in [6.07, 6.45) is 1.74. The number of nitrogens with zero attached hydrogens (tertiary/aromatic N) is 2. The molecule has 1 aromatic rings. The van der Waals surface area contributed by atoms with Crippen LogP contribution in [0.15, 0.2) is 24.3 Å². The van der Waals surface area contributed by atoms with Gasteiger partial charge in [-0.2, -0.15) is 0 Å². The molecule has 0 saturated carbocycles. The second kappa shape index (κ2) is 6.23. The van der Waals surface area contributed by atoms with E-state index >= 15 is 0 Å². The summed E-state index contributed by atoms with van der Waals surface area (Å²) in [5.74, 6) is 1.00. The number of benzene rings is 1. The van der Waals surface area contributed by atoms with Crippen molar-refractivity contribution < 1.29 is 13.4 Å². The van der Waals surface area contributed by atoms with E-state index in [1.807, 2.05) is 0 Å². The molecule has 21 heavy (non-hydrogen) atoms. The van der Waals surface area contributed by atoms with Crippen molar-refractivity contribution in [3.05, 3.63) is 30.1 Å². The second-order valence-electron chi connectivity index (χ2n) is 5.51. The molecule has 114 valence electrons. The van der Waals surface area contributed by atoms with Gasteiger partial charge >= 0.3 is 0 Å². The summed E-state index contributed by atoms with van der Waals surface area (Å²) in [4.78, 5) is 16.5. The molecule has 2 heterocycles. The predicted octanol–water partition coefficient (Wildman–Crippen LogP) is 1.39. The zero-order valence-electron chi connectivity index (χ0n) is 11.8. The molecule has 0 spiro atoms. The number of halogens is 1. The van der Waals surface area contributed by atoms with Gasteiger partial charge in [0.15, 0.2) is 0 Å². The normalized spacial score (nSPS) is 25.3. The number of hydrogen-bond donors (Lipinski definition) is 0. The minimum absolute atomic E-state index is 0.0412. The fourth-order valence-corrected chi connectivity index (χ4v) is 4.14.